The molecule has 0 fully saturated rings. The molecular formula is C16H13FN6O2. The Kier molecular flexibility index (Phi) is 4.46. The second-order valence-corrected chi connectivity index (χ2v) is 4.99. The molecule has 0 unspecified atom stereocenters. The van der Waals surface area contributed by atoms with Crippen LogP contribution in [0.15, 0.2) is 48.8 Å². The summed E-state index contributed by atoms with van der Waals surface area (Å²) in [5.74, 6) is -0.0178. The summed E-state index contributed by atoms with van der Waals surface area (Å²) in [7, 11) is 1.66. The number of nitrogens with zero attached hydrogens (tertiary/aromatic N) is 4. The third-order valence-electron chi connectivity index (χ3n) is 3.35. The summed E-state index contributed by atoms with van der Waals surface area (Å²) in [6.07, 6.45) is 3.27. The summed E-state index contributed by atoms with van der Waals surface area (Å²) in [6, 6.07) is 8.49. The lowest BCUT2D eigenvalue weighted by atomic mass is 10.2. The van der Waals surface area contributed by atoms with Gasteiger partial charge in [-0.2, -0.15) is 4.98 Å². The van der Waals surface area contributed by atoms with Crippen LogP contribution in [0.5, 0.6) is 0 Å². The predicted molar refractivity (Wildman–Crippen MR) is 91.1 cm³/mol. The number of hydrogen-bond acceptors (Lipinski definition) is 7. The molecule has 8 nitrogen and oxygen atoms in total. The first kappa shape index (κ1) is 16.2. The van der Waals surface area contributed by atoms with Crippen LogP contribution in [0.4, 0.5) is 27.5 Å². The van der Waals surface area contributed by atoms with Crippen LogP contribution >= 0.6 is 0 Å². The maximum absolute atomic E-state index is 13.3. The fourth-order valence-corrected chi connectivity index (χ4v) is 2.19. The molecule has 0 bridgehead atoms. The molecule has 0 spiro atoms. The molecule has 9 heteroatoms. The number of anilines is 3. The van der Waals surface area contributed by atoms with Gasteiger partial charge in [-0.3, -0.25) is 15.1 Å². The summed E-state index contributed by atoms with van der Waals surface area (Å²) < 4.78 is 13.3. The Morgan fingerprint density at radius 1 is 1.12 bits per heavy atom. The second-order valence-electron chi connectivity index (χ2n) is 4.99. The van der Waals surface area contributed by atoms with E-state index in [2.05, 4.69) is 25.6 Å². The molecule has 0 aliphatic heterocycles. The number of nitro benzene ring substituents is 1. The third-order valence-corrected chi connectivity index (χ3v) is 3.35. The first-order valence-corrected chi connectivity index (χ1v) is 7.25. The van der Waals surface area contributed by atoms with Gasteiger partial charge in [-0.1, -0.05) is 0 Å². The number of benzene rings is 1. The second kappa shape index (κ2) is 6.87. The average Bonchev–Trinajstić information content (AvgIpc) is 2.63. The van der Waals surface area contributed by atoms with Crippen LogP contribution in [-0.2, 0) is 0 Å². The maximum Gasteiger partial charge on any atom is 0.295 e. The van der Waals surface area contributed by atoms with Crippen LogP contribution in [-0.4, -0.2) is 26.9 Å². The Balaban J connectivity index is 2.02. The molecule has 0 radical (unpaired) electrons. The Morgan fingerprint density at radius 2 is 1.88 bits per heavy atom. The van der Waals surface area contributed by atoms with E-state index in [9.17, 15) is 14.5 Å². The molecule has 3 aromatic rings. The van der Waals surface area contributed by atoms with Crippen molar-refractivity contribution in [1.29, 1.82) is 0 Å². The van der Waals surface area contributed by atoms with Crippen LogP contribution in [0.25, 0.3) is 11.3 Å². The van der Waals surface area contributed by atoms with Gasteiger partial charge in [-0.15, -0.1) is 0 Å². The first-order chi connectivity index (χ1) is 12.1. The number of nitrogens with one attached hydrogen (secondary N) is 2. The van der Waals surface area contributed by atoms with Gasteiger partial charge in [-0.05, 0) is 24.3 Å². The normalized spacial score (nSPS) is 10.3. The number of nitro groups is 1. The van der Waals surface area contributed by atoms with E-state index in [-0.39, 0.29) is 11.4 Å². The van der Waals surface area contributed by atoms with Crippen LogP contribution < -0.4 is 10.6 Å². The van der Waals surface area contributed by atoms with Crippen molar-refractivity contribution in [1.82, 2.24) is 15.0 Å². The van der Waals surface area contributed by atoms with Gasteiger partial charge >= 0.3 is 0 Å². The minimum absolute atomic E-state index is 0.132. The van der Waals surface area contributed by atoms with Gasteiger partial charge in [0.2, 0.25) is 5.95 Å². The van der Waals surface area contributed by atoms with Crippen LogP contribution in [0.2, 0.25) is 0 Å². The Bertz CT molecular complexity index is 920. The minimum atomic E-state index is -0.687. The fraction of sp³-hybridized carbons (Fsp3) is 0.0625. The molecule has 2 aromatic heterocycles. The SMILES string of the molecule is CNc1nc(Nc2ccc(F)cc2[N+](=O)[O-])cc(-c2ccncc2)n1. The van der Waals surface area contributed by atoms with Crippen molar-refractivity contribution in [3.05, 3.63) is 64.7 Å². The Labute approximate surface area is 141 Å². The number of aromatic nitrogens is 3. The lowest BCUT2D eigenvalue weighted by molar-refractivity contribution is -0.384. The van der Waals surface area contributed by atoms with Crippen molar-refractivity contribution < 1.29 is 9.31 Å². The molecule has 0 atom stereocenters. The van der Waals surface area contributed by atoms with Crippen LogP contribution in [0.1, 0.15) is 0 Å². The van der Waals surface area contributed by atoms with Crippen molar-refractivity contribution >= 4 is 23.1 Å². The zero-order valence-electron chi connectivity index (χ0n) is 13.1. The van der Waals surface area contributed by atoms with E-state index in [4.69, 9.17) is 0 Å². The summed E-state index contributed by atoms with van der Waals surface area (Å²) in [5, 5.41) is 16.8. The molecule has 0 aliphatic carbocycles. The number of halogens is 1. The van der Waals surface area contributed by atoms with Gasteiger partial charge in [0.05, 0.1) is 16.7 Å². The number of pyridine rings is 1. The van der Waals surface area contributed by atoms with Crippen molar-refractivity contribution in [2.24, 2.45) is 0 Å². The third kappa shape index (κ3) is 3.66. The van der Waals surface area contributed by atoms with E-state index in [1.54, 1.807) is 37.6 Å². The molecule has 0 aliphatic rings. The molecule has 2 heterocycles. The fourth-order valence-electron chi connectivity index (χ4n) is 2.19. The molecule has 2 N–H and O–H groups in total. The van der Waals surface area contributed by atoms with E-state index in [1.165, 1.54) is 6.07 Å². The van der Waals surface area contributed by atoms with Crippen LogP contribution in [0.3, 0.4) is 0 Å². The van der Waals surface area contributed by atoms with E-state index in [1.807, 2.05) is 0 Å². The zero-order valence-corrected chi connectivity index (χ0v) is 13.1. The average molecular weight is 340 g/mol. The smallest absolute Gasteiger partial charge is 0.295 e. The summed E-state index contributed by atoms with van der Waals surface area (Å²) >= 11 is 0. The maximum atomic E-state index is 13.3. The van der Waals surface area contributed by atoms with Gasteiger partial charge in [-0.25, -0.2) is 9.37 Å². The zero-order chi connectivity index (χ0) is 17.8. The number of hydrogen-bond donors (Lipinski definition) is 2. The van der Waals surface area contributed by atoms with E-state index >= 15 is 0 Å². The Hall–Kier alpha value is -3.62. The highest BCUT2D eigenvalue weighted by molar-refractivity contribution is 5.71. The van der Waals surface area contributed by atoms with Crippen molar-refractivity contribution in [2.75, 3.05) is 17.7 Å². The van der Waals surface area contributed by atoms with E-state index in [0.29, 0.717) is 17.5 Å². The van der Waals surface area contributed by atoms with Crippen molar-refractivity contribution in [3.63, 3.8) is 0 Å². The van der Waals surface area contributed by atoms with Gasteiger partial charge < -0.3 is 10.6 Å². The van der Waals surface area contributed by atoms with Crippen molar-refractivity contribution in [3.8, 4) is 11.3 Å². The monoisotopic (exact) mass is 340 g/mol. The lowest BCUT2D eigenvalue weighted by Gasteiger charge is -2.10. The first-order valence-electron chi connectivity index (χ1n) is 7.25. The van der Waals surface area contributed by atoms with E-state index < -0.39 is 10.7 Å². The highest BCUT2D eigenvalue weighted by Gasteiger charge is 2.16. The summed E-state index contributed by atoms with van der Waals surface area (Å²) in [5.41, 5.74) is 1.17. The highest BCUT2D eigenvalue weighted by atomic mass is 19.1. The molecule has 25 heavy (non-hydrogen) atoms. The molecular weight excluding hydrogens is 327 g/mol. The number of rotatable bonds is 5. The lowest BCUT2D eigenvalue weighted by Crippen LogP contribution is -2.03. The standard InChI is InChI=1S/C16H13FN6O2/c1-18-16-21-13(10-4-6-19-7-5-10)9-15(22-16)20-12-3-2-11(17)8-14(12)23(24)25/h2-9H,1H3,(H2,18,20,21,22). The van der Waals surface area contributed by atoms with Gasteiger partial charge in [0.25, 0.3) is 5.69 Å². The quantitative estimate of drug-likeness (QED) is 0.542. The molecule has 0 saturated carbocycles. The highest BCUT2D eigenvalue weighted by Crippen LogP contribution is 2.29. The van der Waals surface area contributed by atoms with Gasteiger partial charge in [0.1, 0.15) is 17.3 Å². The van der Waals surface area contributed by atoms with Gasteiger partial charge in [0.15, 0.2) is 0 Å². The topological polar surface area (TPSA) is 106 Å². The largest absolute Gasteiger partial charge is 0.357 e. The summed E-state index contributed by atoms with van der Waals surface area (Å²) in [6.45, 7) is 0. The van der Waals surface area contributed by atoms with E-state index in [0.717, 1.165) is 17.7 Å². The molecule has 3 rings (SSSR count). The molecule has 0 saturated heterocycles. The van der Waals surface area contributed by atoms with Crippen molar-refractivity contribution in [2.45, 2.75) is 0 Å². The molecule has 1 aromatic carbocycles. The Morgan fingerprint density at radius 3 is 2.56 bits per heavy atom. The molecule has 0 amide bonds. The predicted octanol–water partition coefficient (Wildman–Crippen LogP) is 3.37. The minimum Gasteiger partial charge on any atom is -0.357 e. The summed E-state index contributed by atoms with van der Waals surface area (Å²) in [4.78, 5) is 23.0. The van der Waals surface area contributed by atoms with Gasteiger partial charge in [0, 0.05) is 31.1 Å². The molecule has 126 valence electrons. The van der Waals surface area contributed by atoms with Crippen LogP contribution in [0, 0.1) is 15.9 Å².